The van der Waals surface area contributed by atoms with Crippen LogP contribution in [0.1, 0.15) is 5.56 Å². The second-order valence-corrected chi connectivity index (χ2v) is 5.70. The highest BCUT2D eigenvalue weighted by Crippen LogP contribution is 2.33. The molecule has 6 heteroatoms. The number of thiazole rings is 1. The van der Waals surface area contributed by atoms with E-state index in [2.05, 4.69) is 4.98 Å². The summed E-state index contributed by atoms with van der Waals surface area (Å²) in [4.78, 5) is 4.49. The third-order valence-corrected chi connectivity index (χ3v) is 4.24. The molecule has 118 valence electrons. The van der Waals surface area contributed by atoms with Crippen LogP contribution in [0.2, 0.25) is 0 Å². The predicted molar refractivity (Wildman–Crippen MR) is 84.5 cm³/mol. The Morgan fingerprint density at radius 1 is 0.913 bits per heavy atom. The number of halogens is 3. The highest BCUT2D eigenvalue weighted by atomic mass is 32.1. The van der Waals surface area contributed by atoms with Gasteiger partial charge in [-0.1, -0.05) is 12.1 Å². The summed E-state index contributed by atoms with van der Waals surface area (Å²) >= 11 is 1.45. The van der Waals surface area contributed by atoms with Crippen LogP contribution in [0.4, 0.5) is 13.2 Å². The molecule has 0 N–H and O–H groups in total. The van der Waals surface area contributed by atoms with E-state index in [0.717, 1.165) is 28.5 Å². The van der Waals surface area contributed by atoms with Crippen LogP contribution in [0.25, 0.3) is 21.8 Å². The Balaban J connectivity index is 1.86. The Bertz CT molecular complexity index is 792. The normalized spacial score (nSPS) is 11.5. The molecule has 0 aliphatic heterocycles. The lowest BCUT2D eigenvalue weighted by Gasteiger charge is -2.06. The van der Waals surface area contributed by atoms with Gasteiger partial charge in [-0.3, -0.25) is 0 Å². The third kappa shape index (κ3) is 3.37. The molecule has 0 atom stereocenters. The van der Waals surface area contributed by atoms with Crippen molar-refractivity contribution in [3.8, 4) is 27.6 Å². The topological polar surface area (TPSA) is 22.1 Å². The fraction of sp³-hybridized carbons (Fsp3) is 0.118. The molecule has 0 bridgehead atoms. The maximum Gasteiger partial charge on any atom is 0.416 e. The Hall–Kier alpha value is -2.34. The van der Waals surface area contributed by atoms with Crippen LogP contribution >= 0.6 is 11.3 Å². The van der Waals surface area contributed by atoms with Gasteiger partial charge in [0, 0.05) is 16.5 Å². The van der Waals surface area contributed by atoms with Crippen LogP contribution in [0.3, 0.4) is 0 Å². The zero-order valence-corrected chi connectivity index (χ0v) is 12.9. The van der Waals surface area contributed by atoms with Crippen LogP contribution in [0.5, 0.6) is 5.75 Å². The molecule has 2 nitrogen and oxygen atoms in total. The van der Waals surface area contributed by atoms with Crippen molar-refractivity contribution in [2.45, 2.75) is 6.18 Å². The van der Waals surface area contributed by atoms with Gasteiger partial charge in [-0.2, -0.15) is 13.2 Å². The number of ether oxygens (including phenoxy) is 1. The second kappa shape index (κ2) is 6.04. The van der Waals surface area contributed by atoms with Crippen molar-refractivity contribution in [1.29, 1.82) is 0 Å². The minimum Gasteiger partial charge on any atom is -0.497 e. The summed E-state index contributed by atoms with van der Waals surface area (Å²) in [5, 5.41) is 2.64. The van der Waals surface area contributed by atoms with Crippen LogP contribution in [-0.2, 0) is 6.18 Å². The van der Waals surface area contributed by atoms with Gasteiger partial charge in [0.05, 0.1) is 18.4 Å². The first-order valence-corrected chi connectivity index (χ1v) is 7.63. The van der Waals surface area contributed by atoms with Crippen molar-refractivity contribution >= 4 is 11.3 Å². The Morgan fingerprint density at radius 2 is 1.52 bits per heavy atom. The van der Waals surface area contributed by atoms with Gasteiger partial charge in [0.25, 0.3) is 0 Å². The molecule has 0 saturated carbocycles. The van der Waals surface area contributed by atoms with E-state index in [1.54, 1.807) is 7.11 Å². The first-order chi connectivity index (χ1) is 11.0. The maximum absolute atomic E-state index is 12.6. The number of hydrogen-bond donors (Lipinski definition) is 0. The molecule has 0 aliphatic carbocycles. The maximum atomic E-state index is 12.6. The quantitative estimate of drug-likeness (QED) is 0.630. The van der Waals surface area contributed by atoms with Gasteiger partial charge in [-0.15, -0.1) is 11.3 Å². The summed E-state index contributed by atoms with van der Waals surface area (Å²) in [5.41, 5.74) is 1.60. The monoisotopic (exact) mass is 335 g/mol. The van der Waals surface area contributed by atoms with Crippen molar-refractivity contribution in [3.05, 3.63) is 59.5 Å². The van der Waals surface area contributed by atoms with Gasteiger partial charge < -0.3 is 4.74 Å². The predicted octanol–water partition coefficient (Wildman–Crippen LogP) is 5.50. The molecule has 0 saturated heterocycles. The zero-order chi connectivity index (χ0) is 16.4. The second-order valence-electron chi connectivity index (χ2n) is 4.84. The molecule has 23 heavy (non-hydrogen) atoms. The van der Waals surface area contributed by atoms with Crippen LogP contribution in [0.15, 0.2) is 53.9 Å². The van der Waals surface area contributed by atoms with E-state index in [4.69, 9.17) is 4.74 Å². The fourth-order valence-electron chi connectivity index (χ4n) is 2.10. The van der Waals surface area contributed by atoms with Crippen molar-refractivity contribution in [2.75, 3.05) is 7.11 Å². The highest BCUT2D eigenvalue weighted by Gasteiger charge is 2.30. The van der Waals surface area contributed by atoms with Gasteiger partial charge >= 0.3 is 6.18 Å². The van der Waals surface area contributed by atoms with Crippen molar-refractivity contribution in [1.82, 2.24) is 4.98 Å². The van der Waals surface area contributed by atoms with E-state index in [9.17, 15) is 13.2 Å². The number of nitrogens with zero attached hydrogens (tertiary/aromatic N) is 1. The standard InChI is InChI=1S/C17H12F3NOS/c1-22-14-8-4-12(5-9-14)16-21-15(10-23-16)11-2-6-13(7-3-11)17(18,19)20/h2-10H,1H3. The molecule has 2 aromatic carbocycles. The number of alkyl halides is 3. The summed E-state index contributed by atoms with van der Waals surface area (Å²) in [6.07, 6.45) is -4.32. The Kier molecular flexibility index (Phi) is 4.09. The number of aromatic nitrogens is 1. The SMILES string of the molecule is COc1ccc(-c2nc(-c3ccc(C(F)(F)F)cc3)cs2)cc1. The van der Waals surface area contributed by atoms with E-state index < -0.39 is 11.7 Å². The van der Waals surface area contributed by atoms with Gasteiger partial charge in [0.15, 0.2) is 0 Å². The van der Waals surface area contributed by atoms with Crippen molar-refractivity contribution in [3.63, 3.8) is 0 Å². The van der Waals surface area contributed by atoms with E-state index >= 15 is 0 Å². The lowest BCUT2D eigenvalue weighted by atomic mass is 10.1. The van der Waals surface area contributed by atoms with Crippen molar-refractivity contribution < 1.29 is 17.9 Å². The molecule has 3 rings (SSSR count). The molecule has 0 aliphatic rings. The molecule has 3 aromatic rings. The van der Waals surface area contributed by atoms with Crippen LogP contribution in [0, 0.1) is 0 Å². The minimum atomic E-state index is -4.32. The zero-order valence-electron chi connectivity index (χ0n) is 12.1. The Labute approximate surface area is 135 Å². The molecule has 0 spiro atoms. The molecular weight excluding hydrogens is 323 g/mol. The summed E-state index contributed by atoms with van der Waals surface area (Å²) < 4.78 is 42.9. The first-order valence-electron chi connectivity index (χ1n) is 6.75. The molecule has 0 fully saturated rings. The first kappa shape index (κ1) is 15.6. The Morgan fingerprint density at radius 3 is 2.09 bits per heavy atom. The number of rotatable bonds is 3. The summed E-state index contributed by atoms with van der Waals surface area (Å²) in [6, 6.07) is 12.5. The molecule has 0 unspecified atom stereocenters. The molecule has 1 heterocycles. The molecule has 0 radical (unpaired) electrons. The minimum absolute atomic E-state index is 0.660. The molecule has 1 aromatic heterocycles. The summed E-state index contributed by atoms with van der Waals surface area (Å²) in [7, 11) is 1.60. The van der Waals surface area contributed by atoms with E-state index in [1.807, 2.05) is 29.6 Å². The van der Waals surface area contributed by atoms with E-state index in [1.165, 1.54) is 23.5 Å². The van der Waals surface area contributed by atoms with Gasteiger partial charge in [-0.05, 0) is 36.4 Å². The van der Waals surface area contributed by atoms with Crippen LogP contribution < -0.4 is 4.74 Å². The van der Waals surface area contributed by atoms with Crippen molar-refractivity contribution in [2.24, 2.45) is 0 Å². The third-order valence-electron chi connectivity index (χ3n) is 3.35. The van der Waals surface area contributed by atoms with E-state index in [-0.39, 0.29) is 0 Å². The van der Waals surface area contributed by atoms with E-state index in [0.29, 0.717) is 11.3 Å². The average Bonchev–Trinajstić information content (AvgIpc) is 3.04. The number of benzene rings is 2. The van der Waals surface area contributed by atoms with Gasteiger partial charge in [0.1, 0.15) is 10.8 Å². The molecule has 0 amide bonds. The highest BCUT2D eigenvalue weighted by molar-refractivity contribution is 7.13. The van der Waals surface area contributed by atoms with Gasteiger partial charge in [0.2, 0.25) is 0 Å². The smallest absolute Gasteiger partial charge is 0.416 e. The average molecular weight is 335 g/mol. The van der Waals surface area contributed by atoms with Gasteiger partial charge in [-0.25, -0.2) is 4.98 Å². The number of hydrogen-bond acceptors (Lipinski definition) is 3. The van der Waals surface area contributed by atoms with Crippen LogP contribution in [-0.4, -0.2) is 12.1 Å². The summed E-state index contributed by atoms with van der Waals surface area (Å²) in [6.45, 7) is 0. The lowest BCUT2D eigenvalue weighted by molar-refractivity contribution is -0.137. The largest absolute Gasteiger partial charge is 0.497 e. The number of methoxy groups -OCH3 is 1. The molecular formula is C17H12F3NOS. The lowest BCUT2D eigenvalue weighted by Crippen LogP contribution is -2.03. The summed E-state index contributed by atoms with van der Waals surface area (Å²) in [5.74, 6) is 0.758. The fourth-order valence-corrected chi connectivity index (χ4v) is 2.94.